The molecule has 2 nitrogen and oxygen atoms in total. The van der Waals surface area contributed by atoms with Crippen LogP contribution in [0.15, 0.2) is 11.6 Å². The Balaban J connectivity index is 2.04. The van der Waals surface area contributed by atoms with E-state index in [9.17, 15) is 0 Å². The molecule has 0 aliphatic heterocycles. The molecule has 1 aromatic rings. The Morgan fingerprint density at radius 1 is 1.60 bits per heavy atom. The predicted molar refractivity (Wildman–Crippen MR) is 42.1 cm³/mol. The minimum Gasteiger partial charge on any atom is -0.328 e. The summed E-state index contributed by atoms with van der Waals surface area (Å²) in [5, 5.41) is 3.29. The van der Waals surface area contributed by atoms with Crippen molar-refractivity contribution < 1.29 is 0 Å². The lowest BCUT2D eigenvalue weighted by atomic mass is 9.81. The van der Waals surface area contributed by atoms with E-state index in [0.29, 0.717) is 12.0 Å². The fourth-order valence-electron chi connectivity index (χ4n) is 1.30. The van der Waals surface area contributed by atoms with Gasteiger partial charge in [-0.2, -0.15) is 0 Å². The van der Waals surface area contributed by atoms with Crippen LogP contribution in [0.2, 0.25) is 0 Å². The van der Waals surface area contributed by atoms with Gasteiger partial charge in [0.05, 0.1) is 5.01 Å². The lowest BCUT2D eigenvalue weighted by Gasteiger charge is -2.30. The van der Waals surface area contributed by atoms with E-state index in [0.717, 1.165) is 12.8 Å². The van der Waals surface area contributed by atoms with Crippen LogP contribution in [-0.2, 0) is 0 Å². The number of hydrogen-bond acceptors (Lipinski definition) is 3. The molecule has 1 heterocycles. The molecule has 0 unspecified atom stereocenters. The van der Waals surface area contributed by atoms with E-state index in [1.54, 1.807) is 11.3 Å². The van der Waals surface area contributed by atoms with Crippen LogP contribution in [0.3, 0.4) is 0 Å². The molecule has 2 N–H and O–H groups in total. The van der Waals surface area contributed by atoms with E-state index in [1.807, 2.05) is 11.6 Å². The van der Waals surface area contributed by atoms with Gasteiger partial charge in [-0.3, -0.25) is 0 Å². The minimum atomic E-state index is 0.439. The third kappa shape index (κ3) is 0.954. The fourth-order valence-corrected chi connectivity index (χ4v) is 2.07. The molecule has 0 saturated heterocycles. The van der Waals surface area contributed by atoms with Crippen molar-refractivity contribution in [1.82, 2.24) is 4.98 Å². The van der Waals surface area contributed by atoms with Gasteiger partial charge in [-0.1, -0.05) is 0 Å². The van der Waals surface area contributed by atoms with Crippen LogP contribution >= 0.6 is 11.3 Å². The molecule has 54 valence electrons. The van der Waals surface area contributed by atoms with E-state index < -0.39 is 0 Å². The van der Waals surface area contributed by atoms with Gasteiger partial charge in [0.25, 0.3) is 0 Å². The summed E-state index contributed by atoms with van der Waals surface area (Å²) in [6.07, 6.45) is 4.13. The molecule has 0 radical (unpaired) electrons. The highest BCUT2D eigenvalue weighted by atomic mass is 32.1. The topological polar surface area (TPSA) is 38.9 Å². The summed E-state index contributed by atoms with van der Waals surface area (Å²) >= 11 is 1.74. The van der Waals surface area contributed by atoms with Crippen molar-refractivity contribution in [2.24, 2.45) is 5.73 Å². The Bertz CT molecular complexity index is 201. The number of rotatable bonds is 1. The predicted octanol–water partition coefficient (Wildman–Crippen LogP) is 1.35. The first-order valence-corrected chi connectivity index (χ1v) is 4.39. The molecule has 1 fully saturated rings. The smallest absolute Gasteiger partial charge is 0.0956 e. The SMILES string of the molecule is NC1CC(c2nccs2)C1. The first kappa shape index (κ1) is 6.31. The summed E-state index contributed by atoms with van der Waals surface area (Å²) in [7, 11) is 0. The summed E-state index contributed by atoms with van der Waals surface area (Å²) < 4.78 is 0. The van der Waals surface area contributed by atoms with Gasteiger partial charge in [0.15, 0.2) is 0 Å². The maximum absolute atomic E-state index is 5.65. The fraction of sp³-hybridized carbons (Fsp3) is 0.571. The highest BCUT2D eigenvalue weighted by Crippen LogP contribution is 2.36. The number of nitrogens with two attached hydrogens (primary N) is 1. The molecular formula is C7H10N2S. The van der Waals surface area contributed by atoms with E-state index in [4.69, 9.17) is 5.73 Å². The lowest BCUT2D eigenvalue weighted by molar-refractivity contribution is 0.350. The van der Waals surface area contributed by atoms with Crippen LogP contribution in [0.1, 0.15) is 23.8 Å². The van der Waals surface area contributed by atoms with Gasteiger partial charge in [-0.25, -0.2) is 4.98 Å². The van der Waals surface area contributed by atoms with E-state index >= 15 is 0 Å². The summed E-state index contributed by atoms with van der Waals surface area (Å²) in [6, 6.07) is 0.439. The van der Waals surface area contributed by atoms with Crippen molar-refractivity contribution in [3.8, 4) is 0 Å². The Hall–Kier alpha value is -0.410. The van der Waals surface area contributed by atoms with Gasteiger partial charge in [0, 0.05) is 23.5 Å². The first-order chi connectivity index (χ1) is 4.86. The van der Waals surface area contributed by atoms with Gasteiger partial charge in [0.2, 0.25) is 0 Å². The van der Waals surface area contributed by atoms with Crippen molar-refractivity contribution in [2.75, 3.05) is 0 Å². The first-order valence-electron chi connectivity index (χ1n) is 3.51. The molecule has 0 amide bonds. The van der Waals surface area contributed by atoms with Crippen LogP contribution in [0.4, 0.5) is 0 Å². The zero-order valence-corrected chi connectivity index (χ0v) is 6.47. The standard InChI is InChI=1S/C7H10N2S/c8-6-3-5(4-6)7-9-1-2-10-7/h1-2,5-6H,3-4,8H2. The summed E-state index contributed by atoms with van der Waals surface area (Å²) in [4.78, 5) is 4.24. The van der Waals surface area contributed by atoms with Crippen LogP contribution in [0.25, 0.3) is 0 Å². The molecule has 0 aromatic carbocycles. The average Bonchev–Trinajstić information content (AvgIpc) is 2.31. The van der Waals surface area contributed by atoms with Crippen molar-refractivity contribution in [1.29, 1.82) is 0 Å². The zero-order valence-electron chi connectivity index (χ0n) is 5.66. The number of aromatic nitrogens is 1. The van der Waals surface area contributed by atoms with E-state index in [-0.39, 0.29) is 0 Å². The molecule has 10 heavy (non-hydrogen) atoms. The molecule has 0 spiro atoms. The second-order valence-corrected chi connectivity index (χ2v) is 3.72. The van der Waals surface area contributed by atoms with Gasteiger partial charge >= 0.3 is 0 Å². The molecule has 0 bridgehead atoms. The van der Waals surface area contributed by atoms with Crippen LogP contribution in [0.5, 0.6) is 0 Å². The summed E-state index contributed by atoms with van der Waals surface area (Å²) in [5.74, 6) is 0.676. The third-order valence-electron chi connectivity index (χ3n) is 1.98. The van der Waals surface area contributed by atoms with E-state index in [1.165, 1.54) is 5.01 Å². The average molecular weight is 154 g/mol. The highest BCUT2D eigenvalue weighted by Gasteiger charge is 2.28. The van der Waals surface area contributed by atoms with Gasteiger partial charge in [-0.15, -0.1) is 11.3 Å². The van der Waals surface area contributed by atoms with Crippen molar-refractivity contribution in [2.45, 2.75) is 24.8 Å². The van der Waals surface area contributed by atoms with Crippen LogP contribution < -0.4 is 5.73 Å². The quantitative estimate of drug-likeness (QED) is 0.663. The molecule has 0 atom stereocenters. The van der Waals surface area contributed by atoms with Crippen LogP contribution in [-0.4, -0.2) is 11.0 Å². The second kappa shape index (κ2) is 2.32. The van der Waals surface area contributed by atoms with Gasteiger partial charge in [0.1, 0.15) is 0 Å². The van der Waals surface area contributed by atoms with Crippen molar-refractivity contribution in [3.05, 3.63) is 16.6 Å². The molecule has 1 aromatic heterocycles. The molecular weight excluding hydrogens is 144 g/mol. The highest BCUT2D eigenvalue weighted by molar-refractivity contribution is 7.09. The van der Waals surface area contributed by atoms with Crippen molar-refractivity contribution in [3.63, 3.8) is 0 Å². The molecule has 1 aliphatic rings. The summed E-state index contributed by atoms with van der Waals surface area (Å²) in [6.45, 7) is 0. The second-order valence-electron chi connectivity index (χ2n) is 2.80. The van der Waals surface area contributed by atoms with E-state index in [2.05, 4.69) is 4.98 Å². The summed E-state index contributed by atoms with van der Waals surface area (Å²) in [5.41, 5.74) is 5.65. The van der Waals surface area contributed by atoms with Gasteiger partial charge < -0.3 is 5.73 Å². The Kier molecular flexibility index (Phi) is 1.47. The molecule has 2 rings (SSSR count). The normalized spacial score (nSPS) is 31.7. The van der Waals surface area contributed by atoms with Crippen molar-refractivity contribution >= 4 is 11.3 Å². The Morgan fingerprint density at radius 2 is 2.40 bits per heavy atom. The molecule has 1 saturated carbocycles. The van der Waals surface area contributed by atoms with Crippen LogP contribution in [0, 0.1) is 0 Å². The maximum atomic E-state index is 5.65. The minimum absolute atomic E-state index is 0.439. The Morgan fingerprint density at radius 3 is 2.90 bits per heavy atom. The maximum Gasteiger partial charge on any atom is 0.0956 e. The third-order valence-corrected chi connectivity index (χ3v) is 2.91. The van der Waals surface area contributed by atoms with Gasteiger partial charge in [-0.05, 0) is 12.8 Å². The number of thiazole rings is 1. The lowest BCUT2D eigenvalue weighted by Crippen LogP contribution is -2.34. The molecule has 3 heteroatoms. The molecule has 1 aliphatic carbocycles. The number of nitrogens with zero attached hydrogens (tertiary/aromatic N) is 1. The largest absolute Gasteiger partial charge is 0.328 e. The monoisotopic (exact) mass is 154 g/mol. The zero-order chi connectivity index (χ0) is 6.97. The Labute approximate surface area is 64.1 Å². The number of hydrogen-bond donors (Lipinski definition) is 1.